The maximum atomic E-state index is 14.5. The summed E-state index contributed by atoms with van der Waals surface area (Å²) in [6.07, 6.45) is -8.30. The van der Waals surface area contributed by atoms with Crippen molar-refractivity contribution in [3.05, 3.63) is 137 Å². The first-order valence-corrected chi connectivity index (χ1v) is 15.1. The Hall–Kier alpha value is -5.43. The van der Waals surface area contributed by atoms with E-state index in [0.29, 0.717) is 17.7 Å². The first-order chi connectivity index (χ1) is 23.3. The highest BCUT2D eigenvalue weighted by Gasteiger charge is 2.49. The molecule has 1 fully saturated rings. The lowest BCUT2D eigenvalue weighted by Gasteiger charge is -2.46. The summed E-state index contributed by atoms with van der Waals surface area (Å²) in [6, 6.07) is 15.1. The van der Waals surface area contributed by atoms with Crippen LogP contribution in [-0.4, -0.2) is 57.1 Å². The van der Waals surface area contributed by atoms with Crippen LogP contribution < -0.4 is 5.32 Å². The van der Waals surface area contributed by atoms with Crippen LogP contribution in [0, 0.1) is 0 Å². The van der Waals surface area contributed by atoms with Crippen molar-refractivity contribution in [3.8, 4) is 5.75 Å². The van der Waals surface area contributed by atoms with E-state index in [9.17, 15) is 45.8 Å². The lowest BCUT2D eigenvalue weighted by Crippen LogP contribution is -2.69. The molecule has 5 aromatic rings. The van der Waals surface area contributed by atoms with Gasteiger partial charge in [0.25, 0.3) is 5.91 Å². The van der Waals surface area contributed by atoms with Gasteiger partial charge in [0, 0.05) is 46.4 Å². The number of nitrogens with one attached hydrogen (secondary N) is 2. The van der Waals surface area contributed by atoms with Gasteiger partial charge in [0.05, 0.1) is 11.1 Å². The highest BCUT2D eigenvalue weighted by molar-refractivity contribution is 6.10. The van der Waals surface area contributed by atoms with E-state index in [0.717, 1.165) is 52.2 Å². The maximum Gasteiger partial charge on any atom is 0.417 e. The number of aromatic amines is 1. The number of alkyl halides is 6. The smallest absolute Gasteiger partial charge is 0.417 e. The summed E-state index contributed by atoms with van der Waals surface area (Å²) in [4.78, 5) is 46.9. The molecule has 0 spiro atoms. The number of Topliss-reactive ketones (excluding diaryl/α,β-unsaturated/α-hetero) is 2. The van der Waals surface area contributed by atoms with Crippen molar-refractivity contribution in [2.24, 2.45) is 0 Å². The number of H-pyrrole nitrogens is 1. The Balaban J connectivity index is 1.54. The third kappa shape index (κ3) is 6.53. The molecule has 1 aliphatic rings. The Morgan fingerprint density at radius 3 is 1.90 bits per heavy atom. The Labute approximate surface area is 275 Å². The van der Waals surface area contributed by atoms with Crippen molar-refractivity contribution < 1.29 is 45.8 Å². The minimum atomic E-state index is -4.98. The molecule has 0 radical (unpaired) electrons. The van der Waals surface area contributed by atoms with Gasteiger partial charge in [-0.3, -0.25) is 14.4 Å². The third-order valence-corrected chi connectivity index (χ3v) is 8.62. The molecular weight excluding hydrogens is 652 g/mol. The maximum absolute atomic E-state index is 14.5. The van der Waals surface area contributed by atoms with E-state index in [1.165, 1.54) is 24.3 Å². The molecule has 1 aliphatic heterocycles. The summed E-state index contributed by atoms with van der Waals surface area (Å²) >= 11 is 0. The molecule has 3 N–H and O–H groups in total. The molecule has 3 unspecified atom stereocenters. The molecule has 2 heterocycles. The first-order valence-electron chi connectivity index (χ1n) is 15.1. The third-order valence-electron chi connectivity index (χ3n) is 8.62. The number of hydrogen-bond donors (Lipinski definition) is 3. The Kier molecular flexibility index (Phi) is 8.80. The number of para-hydroxylation sites is 1. The van der Waals surface area contributed by atoms with Crippen molar-refractivity contribution in [2.45, 2.75) is 36.9 Å². The average molecular weight is 680 g/mol. The van der Waals surface area contributed by atoms with Crippen molar-refractivity contribution in [1.82, 2.24) is 15.2 Å². The topological polar surface area (TPSA) is 103 Å². The molecule has 13 heteroatoms. The van der Waals surface area contributed by atoms with Gasteiger partial charge >= 0.3 is 12.4 Å². The van der Waals surface area contributed by atoms with Gasteiger partial charge in [-0.2, -0.15) is 26.3 Å². The number of halogens is 6. The summed E-state index contributed by atoms with van der Waals surface area (Å²) in [7, 11) is 0. The number of carbonyl (C=O) groups is 3. The normalized spacial score (nSPS) is 18.4. The summed E-state index contributed by atoms with van der Waals surface area (Å²) in [5.41, 5.74) is -2.90. The van der Waals surface area contributed by atoms with Gasteiger partial charge in [-0.25, -0.2) is 0 Å². The van der Waals surface area contributed by atoms with E-state index in [2.05, 4.69) is 10.3 Å². The number of carbonyl (C=O) groups excluding carboxylic acids is 3. The second-order valence-electron chi connectivity index (χ2n) is 11.6. The monoisotopic (exact) mass is 679 g/mol. The van der Waals surface area contributed by atoms with Crippen LogP contribution in [0.4, 0.5) is 26.3 Å². The molecule has 7 nitrogen and oxygen atoms in total. The van der Waals surface area contributed by atoms with Crippen LogP contribution in [0.5, 0.6) is 5.75 Å². The standard InChI is InChI=1S/C36H27F6N3O4/c37-35(38,39)26-10-4-1-8-24(26)32(47)30-19-44-29(17-21-18-43-28-12-6-3-7-23(21)28)31(45(30)34(49)20-13-15-22(46)16-14-20)33(48)25-9-2-5-11-27(25)36(40,41)42/h1-16,18,29-31,43-44,46H,17,19H2. The van der Waals surface area contributed by atoms with Crippen LogP contribution in [-0.2, 0) is 18.8 Å². The molecule has 0 aliphatic carbocycles. The Bertz CT molecular complexity index is 2040. The van der Waals surface area contributed by atoms with Crippen molar-refractivity contribution in [2.75, 3.05) is 6.54 Å². The van der Waals surface area contributed by atoms with Gasteiger partial charge in [-0.1, -0.05) is 54.6 Å². The van der Waals surface area contributed by atoms with E-state index in [4.69, 9.17) is 0 Å². The highest BCUT2D eigenvalue weighted by Crippen LogP contribution is 2.37. The predicted molar refractivity (Wildman–Crippen MR) is 167 cm³/mol. The predicted octanol–water partition coefficient (Wildman–Crippen LogP) is 7.07. The van der Waals surface area contributed by atoms with Crippen molar-refractivity contribution in [3.63, 3.8) is 0 Å². The van der Waals surface area contributed by atoms with Gasteiger partial charge in [0.1, 0.15) is 17.8 Å². The Morgan fingerprint density at radius 2 is 1.29 bits per heavy atom. The fourth-order valence-corrected chi connectivity index (χ4v) is 6.36. The minimum absolute atomic E-state index is 0.0198. The van der Waals surface area contributed by atoms with E-state index in [-0.39, 0.29) is 17.7 Å². The summed E-state index contributed by atoms with van der Waals surface area (Å²) in [5.74, 6) is -3.57. The van der Waals surface area contributed by atoms with E-state index < -0.39 is 76.8 Å². The van der Waals surface area contributed by atoms with Crippen LogP contribution in [0.25, 0.3) is 10.9 Å². The van der Waals surface area contributed by atoms with Crippen molar-refractivity contribution in [1.29, 1.82) is 0 Å². The van der Waals surface area contributed by atoms with Crippen LogP contribution in [0.2, 0.25) is 0 Å². The van der Waals surface area contributed by atoms with E-state index in [1.807, 2.05) is 0 Å². The molecular formula is C36H27F6N3O4. The SMILES string of the molecule is O=C(c1ccccc1C(F)(F)F)C1CNC(Cc2c[nH]c3ccccc23)C(C(=O)c2ccccc2C(F)(F)F)N1C(=O)c1ccc(O)cc1. The molecule has 0 saturated carbocycles. The summed E-state index contributed by atoms with van der Waals surface area (Å²) < 4.78 is 85.0. The summed E-state index contributed by atoms with van der Waals surface area (Å²) in [5, 5.41) is 13.6. The summed E-state index contributed by atoms with van der Waals surface area (Å²) in [6.45, 7) is -0.424. The zero-order valence-corrected chi connectivity index (χ0v) is 25.3. The number of phenols is 1. The van der Waals surface area contributed by atoms with E-state index >= 15 is 0 Å². The second kappa shape index (κ2) is 12.9. The zero-order valence-electron chi connectivity index (χ0n) is 25.3. The number of benzene rings is 4. The number of piperazine rings is 1. The number of amides is 1. The molecule has 1 saturated heterocycles. The number of aromatic hydroxyl groups is 1. The van der Waals surface area contributed by atoms with Gasteiger partial charge in [-0.05, 0) is 54.4 Å². The minimum Gasteiger partial charge on any atom is -0.508 e. The molecule has 0 bridgehead atoms. The fraction of sp³-hybridized carbons (Fsp3) is 0.194. The van der Waals surface area contributed by atoms with Gasteiger partial charge in [0.2, 0.25) is 0 Å². The van der Waals surface area contributed by atoms with E-state index in [1.54, 1.807) is 30.5 Å². The number of ketones is 2. The van der Waals surface area contributed by atoms with Crippen LogP contribution in [0.3, 0.4) is 0 Å². The number of rotatable bonds is 7. The number of phenolic OH excluding ortho intramolecular Hbond substituents is 1. The lowest BCUT2D eigenvalue weighted by atomic mass is 9.84. The Morgan fingerprint density at radius 1 is 0.735 bits per heavy atom. The molecule has 1 amide bonds. The highest BCUT2D eigenvalue weighted by atomic mass is 19.4. The molecule has 1 aromatic heterocycles. The molecule has 6 rings (SSSR count). The number of hydrogen-bond acceptors (Lipinski definition) is 5. The zero-order chi connectivity index (χ0) is 35.1. The van der Waals surface area contributed by atoms with Crippen LogP contribution in [0.1, 0.15) is 47.8 Å². The first kappa shape index (κ1) is 33.5. The van der Waals surface area contributed by atoms with Crippen LogP contribution >= 0.6 is 0 Å². The second-order valence-corrected chi connectivity index (χ2v) is 11.6. The molecule has 252 valence electrons. The number of fused-ring (bicyclic) bond motifs is 1. The number of aromatic nitrogens is 1. The lowest BCUT2D eigenvalue weighted by molar-refractivity contribution is -0.138. The fourth-order valence-electron chi connectivity index (χ4n) is 6.36. The van der Waals surface area contributed by atoms with Gasteiger partial charge < -0.3 is 20.3 Å². The largest absolute Gasteiger partial charge is 0.508 e. The number of nitrogens with zero attached hydrogens (tertiary/aromatic N) is 1. The molecule has 49 heavy (non-hydrogen) atoms. The van der Waals surface area contributed by atoms with Gasteiger partial charge in [-0.15, -0.1) is 0 Å². The average Bonchev–Trinajstić information content (AvgIpc) is 3.49. The molecule has 3 atom stereocenters. The van der Waals surface area contributed by atoms with Crippen LogP contribution in [0.15, 0.2) is 103 Å². The quantitative estimate of drug-likeness (QED) is 0.126. The van der Waals surface area contributed by atoms with Gasteiger partial charge in [0.15, 0.2) is 11.6 Å². The van der Waals surface area contributed by atoms with Crippen molar-refractivity contribution >= 4 is 28.4 Å². The molecule has 4 aromatic carbocycles.